The Labute approximate surface area is 300 Å². The molecule has 1 aromatic heterocycles. The molecule has 1 aliphatic rings. The minimum absolute atomic E-state index is 0.0421. The van der Waals surface area contributed by atoms with Gasteiger partial charge in [-0.15, -0.1) is 0 Å². The van der Waals surface area contributed by atoms with Crippen molar-refractivity contribution in [2.24, 2.45) is 5.41 Å². The lowest BCUT2D eigenvalue weighted by Gasteiger charge is -2.33. The van der Waals surface area contributed by atoms with Crippen LogP contribution in [0.1, 0.15) is 171 Å². The van der Waals surface area contributed by atoms with Crippen molar-refractivity contribution in [3.05, 3.63) is 29.6 Å². The van der Waals surface area contributed by atoms with Gasteiger partial charge in [-0.05, 0) is 57.8 Å². The van der Waals surface area contributed by atoms with Crippen LogP contribution in [0.4, 0.5) is 5.69 Å². The number of aliphatic carboxylic acids is 1. The summed E-state index contributed by atoms with van der Waals surface area (Å²) in [5, 5.41) is 9.61. The molecule has 10 heteroatoms. The zero-order valence-electron chi connectivity index (χ0n) is 31.6. The minimum Gasteiger partial charge on any atom is -0.481 e. The number of Topliss-reactive ketones (excluding diaryl/α,β-unsaturated/α-hetero) is 1. The van der Waals surface area contributed by atoms with Gasteiger partial charge < -0.3 is 19.5 Å². The van der Waals surface area contributed by atoms with Crippen LogP contribution >= 0.6 is 0 Å². The van der Waals surface area contributed by atoms with Crippen molar-refractivity contribution in [1.82, 2.24) is 4.57 Å². The minimum atomic E-state index is -1.33. The Morgan fingerprint density at radius 3 is 1.96 bits per heavy atom. The van der Waals surface area contributed by atoms with Crippen LogP contribution in [-0.2, 0) is 30.3 Å². The Hall–Kier alpha value is -3.43. The molecule has 10 nitrogen and oxygen atoms in total. The molecular weight excluding hydrogens is 636 g/mol. The summed E-state index contributed by atoms with van der Waals surface area (Å²) in [4.78, 5) is 66.0. The monoisotopic (exact) mass is 700 g/mol. The first kappa shape index (κ1) is 42.7. The average Bonchev–Trinajstić information content (AvgIpc) is 3.46. The maximum absolute atomic E-state index is 14.5. The number of esters is 2. The van der Waals surface area contributed by atoms with E-state index in [0.29, 0.717) is 30.9 Å². The van der Waals surface area contributed by atoms with Gasteiger partial charge in [0.1, 0.15) is 6.61 Å². The number of ether oxygens (including phenoxy) is 2. The van der Waals surface area contributed by atoms with Crippen molar-refractivity contribution >= 4 is 35.3 Å². The number of carbonyl (C=O) groups is 5. The first-order valence-corrected chi connectivity index (χ1v) is 19.1. The van der Waals surface area contributed by atoms with Crippen LogP contribution in [0.25, 0.3) is 0 Å². The summed E-state index contributed by atoms with van der Waals surface area (Å²) in [6, 6.07) is 0. The summed E-state index contributed by atoms with van der Waals surface area (Å²) < 4.78 is 12.3. The van der Waals surface area contributed by atoms with Gasteiger partial charge in [0, 0.05) is 50.7 Å². The highest BCUT2D eigenvalue weighted by Crippen LogP contribution is 2.36. The van der Waals surface area contributed by atoms with Gasteiger partial charge in [-0.1, -0.05) is 84.3 Å². The van der Waals surface area contributed by atoms with Gasteiger partial charge in [0.2, 0.25) is 11.7 Å². The van der Waals surface area contributed by atoms with E-state index in [1.165, 1.54) is 56.9 Å². The molecule has 0 radical (unpaired) electrons. The third-order valence-corrected chi connectivity index (χ3v) is 9.41. The van der Waals surface area contributed by atoms with Crippen molar-refractivity contribution in [3.63, 3.8) is 0 Å². The summed E-state index contributed by atoms with van der Waals surface area (Å²) in [7, 11) is 0. The second-order valence-corrected chi connectivity index (χ2v) is 14.5. The number of carboxylic acids is 1. The summed E-state index contributed by atoms with van der Waals surface area (Å²) >= 11 is 0. The van der Waals surface area contributed by atoms with Gasteiger partial charge in [-0.2, -0.15) is 0 Å². The molecule has 282 valence electrons. The van der Waals surface area contributed by atoms with E-state index in [9.17, 15) is 29.1 Å². The SMILES string of the molecule is CCCCCCCCC=CCCCCCCCC(=O)n1cc(N2CCCCC2)c(C(=O)C(OC(C)=O)C(C)(C)COC(C)=O)c1CCC(=O)O. The Balaban J connectivity index is 2.18. The highest BCUT2D eigenvalue weighted by molar-refractivity contribution is 6.07. The number of anilines is 1. The lowest BCUT2D eigenvalue weighted by atomic mass is 9.82. The second-order valence-electron chi connectivity index (χ2n) is 14.5. The first-order chi connectivity index (χ1) is 23.9. The number of allylic oxidation sites excluding steroid dienone is 2. The van der Waals surface area contributed by atoms with E-state index in [-0.39, 0.29) is 37.3 Å². The number of rotatable bonds is 25. The third kappa shape index (κ3) is 15.2. The van der Waals surface area contributed by atoms with Crippen LogP contribution in [0.3, 0.4) is 0 Å². The van der Waals surface area contributed by atoms with Gasteiger partial charge in [0.15, 0.2) is 6.10 Å². The van der Waals surface area contributed by atoms with Crippen LogP contribution < -0.4 is 4.90 Å². The number of carbonyl (C=O) groups excluding carboxylic acids is 4. The number of piperidine rings is 1. The molecule has 0 bridgehead atoms. The van der Waals surface area contributed by atoms with E-state index in [0.717, 1.165) is 57.8 Å². The zero-order chi connectivity index (χ0) is 36.9. The Morgan fingerprint density at radius 1 is 0.820 bits per heavy atom. The standard InChI is InChI=1S/C40H64N2O8/c1-6-7-8-9-10-11-12-13-14-15-16-17-18-19-21-24-35(45)42-29-34(41-27-22-20-23-28-41)37(33(42)25-26-36(46)47)38(48)39(50-32(3)44)40(4,5)30-49-31(2)43/h13-14,29,39H,6-12,15-28,30H2,1-5H3,(H,46,47). The fraction of sp³-hybridized carbons (Fsp3) is 0.725. The normalized spacial score (nSPS) is 14.1. The molecule has 0 spiro atoms. The maximum Gasteiger partial charge on any atom is 0.303 e. The average molecular weight is 701 g/mol. The zero-order valence-corrected chi connectivity index (χ0v) is 31.6. The van der Waals surface area contributed by atoms with Gasteiger partial charge >= 0.3 is 17.9 Å². The summed E-state index contributed by atoms with van der Waals surface area (Å²) in [6.07, 6.45) is 22.7. The Morgan fingerprint density at radius 2 is 1.40 bits per heavy atom. The van der Waals surface area contributed by atoms with Gasteiger partial charge in [-0.25, -0.2) is 0 Å². The molecule has 1 unspecified atom stereocenters. The third-order valence-electron chi connectivity index (χ3n) is 9.41. The van der Waals surface area contributed by atoms with Gasteiger partial charge in [0.25, 0.3) is 0 Å². The molecule has 2 rings (SSSR count). The van der Waals surface area contributed by atoms with E-state index in [1.54, 1.807) is 20.0 Å². The molecule has 0 amide bonds. The molecule has 1 aliphatic heterocycles. The molecule has 0 aliphatic carbocycles. The molecule has 50 heavy (non-hydrogen) atoms. The number of hydrogen-bond donors (Lipinski definition) is 1. The van der Waals surface area contributed by atoms with E-state index in [2.05, 4.69) is 24.0 Å². The fourth-order valence-corrected chi connectivity index (χ4v) is 6.57. The Kier molecular flexibility index (Phi) is 19.8. The first-order valence-electron chi connectivity index (χ1n) is 19.1. The van der Waals surface area contributed by atoms with Gasteiger partial charge in [0.05, 0.1) is 17.7 Å². The summed E-state index contributed by atoms with van der Waals surface area (Å²) in [6.45, 7) is 9.25. The van der Waals surface area contributed by atoms with E-state index in [4.69, 9.17) is 9.47 Å². The molecule has 1 N–H and O–H groups in total. The van der Waals surface area contributed by atoms with Crippen molar-refractivity contribution in [2.45, 2.75) is 163 Å². The predicted octanol–water partition coefficient (Wildman–Crippen LogP) is 8.88. The highest BCUT2D eigenvalue weighted by atomic mass is 16.6. The van der Waals surface area contributed by atoms with Crippen molar-refractivity contribution < 1.29 is 38.6 Å². The highest BCUT2D eigenvalue weighted by Gasteiger charge is 2.43. The van der Waals surface area contributed by atoms with Crippen LogP contribution in [0, 0.1) is 5.41 Å². The maximum atomic E-state index is 14.5. The van der Waals surface area contributed by atoms with E-state index >= 15 is 0 Å². The number of unbranched alkanes of at least 4 members (excludes halogenated alkanes) is 11. The molecule has 1 atom stereocenters. The van der Waals surface area contributed by atoms with Crippen LogP contribution in [0.5, 0.6) is 0 Å². The smallest absolute Gasteiger partial charge is 0.303 e. The Bertz CT molecular complexity index is 1260. The van der Waals surface area contributed by atoms with Gasteiger partial charge in [-0.3, -0.25) is 28.5 Å². The topological polar surface area (TPSA) is 132 Å². The second kappa shape index (κ2) is 23.1. The lowest BCUT2D eigenvalue weighted by molar-refractivity contribution is -0.155. The van der Waals surface area contributed by atoms with Crippen molar-refractivity contribution in [3.8, 4) is 0 Å². The number of aromatic nitrogens is 1. The van der Waals surface area contributed by atoms with Crippen molar-refractivity contribution in [1.29, 1.82) is 0 Å². The van der Waals surface area contributed by atoms with E-state index < -0.39 is 35.2 Å². The van der Waals surface area contributed by atoms with Crippen molar-refractivity contribution in [2.75, 3.05) is 24.6 Å². The van der Waals surface area contributed by atoms with Crippen LogP contribution in [0.15, 0.2) is 18.3 Å². The molecule has 1 aromatic rings. The number of ketones is 1. The quantitative estimate of drug-likeness (QED) is 0.0460. The molecule has 0 saturated carbocycles. The number of nitrogens with zero attached hydrogens (tertiary/aromatic N) is 2. The van der Waals surface area contributed by atoms with Crippen LogP contribution in [0.2, 0.25) is 0 Å². The lowest BCUT2D eigenvalue weighted by Crippen LogP contribution is -2.44. The molecule has 1 fully saturated rings. The van der Waals surface area contributed by atoms with E-state index in [1.807, 2.05) is 0 Å². The number of carboxylic acid groups (broad SMARTS) is 1. The molecule has 2 heterocycles. The molecular formula is C40H64N2O8. The summed E-state index contributed by atoms with van der Waals surface area (Å²) in [5.41, 5.74) is -0.0363. The van der Waals surface area contributed by atoms with Crippen LogP contribution in [-0.4, -0.2) is 65.1 Å². The predicted molar refractivity (Wildman–Crippen MR) is 197 cm³/mol. The molecule has 0 aromatic carbocycles. The molecule has 1 saturated heterocycles. The summed E-state index contributed by atoms with van der Waals surface area (Å²) in [5.74, 6) is -2.98. The fourth-order valence-electron chi connectivity index (χ4n) is 6.57. The largest absolute Gasteiger partial charge is 0.481 e. The number of hydrogen-bond acceptors (Lipinski definition) is 8.